The first kappa shape index (κ1) is 16.7. The van der Waals surface area contributed by atoms with Gasteiger partial charge in [-0.2, -0.15) is 0 Å². The zero-order chi connectivity index (χ0) is 15.2. The molecule has 0 saturated heterocycles. The van der Waals surface area contributed by atoms with Crippen molar-refractivity contribution in [3.05, 3.63) is 28.5 Å². The largest absolute Gasteiger partial charge is 0.487 e. The van der Waals surface area contributed by atoms with Crippen LogP contribution in [0.4, 0.5) is 4.39 Å². The Labute approximate surface area is 134 Å². The van der Waals surface area contributed by atoms with Crippen molar-refractivity contribution in [2.75, 3.05) is 13.2 Å². The van der Waals surface area contributed by atoms with Crippen molar-refractivity contribution in [1.29, 1.82) is 0 Å². The first-order valence-corrected chi connectivity index (χ1v) is 8.41. The summed E-state index contributed by atoms with van der Waals surface area (Å²) in [6, 6.07) is 4.95. The Balaban J connectivity index is 1.95. The van der Waals surface area contributed by atoms with E-state index in [1.807, 2.05) is 0 Å². The number of ether oxygens (including phenoxy) is 2. The molecule has 3 nitrogen and oxygen atoms in total. The van der Waals surface area contributed by atoms with Crippen LogP contribution in [0.2, 0.25) is 0 Å². The molecule has 1 aromatic carbocycles. The zero-order valence-electron chi connectivity index (χ0n) is 12.6. The molecule has 0 aliphatic heterocycles. The van der Waals surface area contributed by atoms with Gasteiger partial charge in [0.2, 0.25) is 0 Å². The summed E-state index contributed by atoms with van der Waals surface area (Å²) in [5.74, 6) is 0.247. The fourth-order valence-corrected chi connectivity index (χ4v) is 2.92. The molecule has 1 saturated carbocycles. The predicted octanol–water partition coefficient (Wildman–Crippen LogP) is 3.90. The molecule has 3 atom stereocenters. The van der Waals surface area contributed by atoms with E-state index >= 15 is 0 Å². The van der Waals surface area contributed by atoms with Crippen molar-refractivity contribution >= 4 is 15.9 Å². The van der Waals surface area contributed by atoms with Gasteiger partial charge in [-0.25, -0.2) is 4.39 Å². The molecule has 0 radical (unpaired) electrons. The van der Waals surface area contributed by atoms with Crippen molar-refractivity contribution in [1.82, 2.24) is 5.32 Å². The third-order valence-electron chi connectivity index (χ3n) is 3.54. The average molecular weight is 360 g/mol. The summed E-state index contributed by atoms with van der Waals surface area (Å²) < 4.78 is 25.9. The molecule has 0 bridgehead atoms. The normalized spacial score (nSPS) is 24.7. The summed E-state index contributed by atoms with van der Waals surface area (Å²) in [4.78, 5) is 0. The molecule has 0 aromatic heterocycles. The number of hydrogen-bond acceptors (Lipinski definition) is 3. The van der Waals surface area contributed by atoms with Gasteiger partial charge >= 0.3 is 0 Å². The molecule has 1 aliphatic carbocycles. The average Bonchev–Trinajstić information content (AvgIpc) is 2.41. The Bertz CT molecular complexity index is 438. The highest BCUT2D eigenvalue weighted by atomic mass is 79.9. The van der Waals surface area contributed by atoms with Crippen LogP contribution in [0.15, 0.2) is 22.7 Å². The maximum absolute atomic E-state index is 13.4. The maximum atomic E-state index is 13.4. The summed E-state index contributed by atoms with van der Waals surface area (Å²) in [6.45, 7) is 5.94. The van der Waals surface area contributed by atoms with E-state index in [1.54, 1.807) is 6.07 Å². The molecule has 2 rings (SSSR count). The Morgan fingerprint density at radius 2 is 2.10 bits per heavy atom. The zero-order valence-corrected chi connectivity index (χ0v) is 14.2. The quantitative estimate of drug-likeness (QED) is 0.763. The molecule has 21 heavy (non-hydrogen) atoms. The minimum Gasteiger partial charge on any atom is -0.487 e. The third kappa shape index (κ3) is 4.66. The molecular formula is C16H23BrFNO2. The van der Waals surface area contributed by atoms with E-state index in [0.717, 1.165) is 32.4 Å². The van der Waals surface area contributed by atoms with Gasteiger partial charge in [0, 0.05) is 29.6 Å². The number of benzene rings is 1. The van der Waals surface area contributed by atoms with E-state index in [4.69, 9.17) is 9.47 Å². The Kier molecular flexibility index (Phi) is 6.45. The standard InChI is InChI=1S/C16H23BrFNO2/c1-3-5-19-14-10-15(16(14)20-6-4-2)21-13-8-11(17)7-12(18)9-13/h7-9,14-16,19H,3-6,10H2,1-2H3. The van der Waals surface area contributed by atoms with E-state index in [1.165, 1.54) is 12.1 Å². The number of nitrogens with one attached hydrogen (secondary N) is 1. The van der Waals surface area contributed by atoms with E-state index in [-0.39, 0.29) is 18.0 Å². The van der Waals surface area contributed by atoms with Gasteiger partial charge in [0.1, 0.15) is 23.8 Å². The molecule has 0 amide bonds. The van der Waals surface area contributed by atoms with Gasteiger partial charge in [0.15, 0.2) is 0 Å². The molecule has 3 unspecified atom stereocenters. The molecule has 1 aromatic rings. The highest BCUT2D eigenvalue weighted by molar-refractivity contribution is 9.10. The lowest BCUT2D eigenvalue weighted by Crippen LogP contribution is -2.61. The number of hydrogen-bond donors (Lipinski definition) is 1. The van der Waals surface area contributed by atoms with Gasteiger partial charge in [-0.3, -0.25) is 0 Å². The SMILES string of the molecule is CCCNC1CC(Oc2cc(F)cc(Br)c2)C1OCCC. The highest BCUT2D eigenvalue weighted by Crippen LogP contribution is 2.31. The second-order valence-electron chi connectivity index (χ2n) is 5.39. The Morgan fingerprint density at radius 1 is 1.29 bits per heavy atom. The topological polar surface area (TPSA) is 30.5 Å². The van der Waals surface area contributed by atoms with Crippen LogP contribution in [-0.4, -0.2) is 31.4 Å². The van der Waals surface area contributed by atoms with Gasteiger partial charge in [0.25, 0.3) is 0 Å². The smallest absolute Gasteiger partial charge is 0.128 e. The summed E-state index contributed by atoms with van der Waals surface area (Å²) in [5, 5.41) is 3.48. The van der Waals surface area contributed by atoms with Crippen molar-refractivity contribution in [2.45, 2.75) is 51.4 Å². The Hall–Kier alpha value is -0.650. The van der Waals surface area contributed by atoms with E-state index in [0.29, 0.717) is 16.3 Å². The van der Waals surface area contributed by atoms with Crippen LogP contribution in [0.1, 0.15) is 33.1 Å². The van der Waals surface area contributed by atoms with Gasteiger partial charge in [-0.1, -0.05) is 29.8 Å². The molecule has 1 fully saturated rings. The Morgan fingerprint density at radius 3 is 2.76 bits per heavy atom. The lowest BCUT2D eigenvalue weighted by atomic mass is 9.85. The fraction of sp³-hybridized carbons (Fsp3) is 0.625. The summed E-state index contributed by atoms with van der Waals surface area (Å²) in [6.07, 6.45) is 3.00. The molecule has 1 aliphatic rings. The van der Waals surface area contributed by atoms with Crippen LogP contribution in [-0.2, 0) is 4.74 Å². The first-order valence-electron chi connectivity index (χ1n) is 7.61. The minimum absolute atomic E-state index is 0.0143. The minimum atomic E-state index is -0.301. The molecule has 0 spiro atoms. The van der Waals surface area contributed by atoms with Crippen LogP contribution < -0.4 is 10.1 Å². The lowest BCUT2D eigenvalue weighted by molar-refractivity contribution is -0.107. The second kappa shape index (κ2) is 8.11. The van der Waals surface area contributed by atoms with Crippen molar-refractivity contribution in [3.63, 3.8) is 0 Å². The number of halogens is 2. The van der Waals surface area contributed by atoms with E-state index < -0.39 is 0 Å². The molecule has 5 heteroatoms. The molecule has 0 heterocycles. The van der Waals surface area contributed by atoms with Crippen molar-refractivity contribution < 1.29 is 13.9 Å². The lowest BCUT2D eigenvalue weighted by Gasteiger charge is -2.44. The van der Waals surface area contributed by atoms with Crippen LogP contribution in [0.5, 0.6) is 5.75 Å². The van der Waals surface area contributed by atoms with Gasteiger partial charge in [-0.05, 0) is 31.5 Å². The molecule has 1 N–H and O–H groups in total. The predicted molar refractivity (Wildman–Crippen MR) is 85.2 cm³/mol. The summed E-state index contributed by atoms with van der Waals surface area (Å²) in [7, 11) is 0. The summed E-state index contributed by atoms with van der Waals surface area (Å²) >= 11 is 3.28. The maximum Gasteiger partial charge on any atom is 0.128 e. The number of rotatable bonds is 8. The van der Waals surface area contributed by atoms with Crippen molar-refractivity contribution in [3.8, 4) is 5.75 Å². The molecule has 118 valence electrons. The molecular weight excluding hydrogens is 337 g/mol. The van der Waals surface area contributed by atoms with Gasteiger partial charge in [0.05, 0.1) is 0 Å². The van der Waals surface area contributed by atoms with Crippen LogP contribution in [0.3, 0.4) is 0 Å². The van der Waals surface area contributed by atoms with Crippen LogP contribution >= 0.6 is 15.9 Å². The van der Waals surface area contributed by atoms with Crippen LogP contribution in [0, 0.1) is 5.82 Å². The van der Waals surface area contributed by atoms with Gasteiger partial charge < -0.3 is 14.8 Å². The van der Waals surface area contributed by atoms with Crippen LogP contribution in [0.25, 0.3) is 0 Å². The van der Waals surface area contributed by atoms with E-state index in [9.17, 15) is 4.39 Å². The third-order valence-corrected chi connectivity index (χ3v) is 4.00. The second-order valence-corrected chi connectivity index (χ2v) is 6.31. The summed E-state index contributed by atoms with van der Waals surface area (Å²) in [5.41, 5.74) is 0. The highest BCUT2D eigenvalue weighted by Gasteiger charge is 2.43. The fourth-order valence-electron chi connectivity index (χ4n) is 2.47. The van der Waals surface area contributed by atoms with Crippen molar-refractivity contribution in [2.24, 2.45) is 0 Å². The monoisotopic (exact) mass is 359 g/mol. The first-order chi connectivity index (χ1) is 10.1. The van der Waals surface area contributed by atoms with E-state index in [2.05, 4.69) is 35.1 Å². The van der Waals surface area contributed by atoms with Gasteiger partial charge in [-0.15, -0.1) is 0 Å².